The Kier molecular flexibility index (Phi) is 4.54. The molecule has 1 fully saturated rings. The van der Waals surface area contributed by atoms with E-state index < -0.39 is 0 Å². The van der Waals surface area contributed by atoms with Crippen molar-refractivity contribution < 1.29 is 4.74 Å². The van der Waals surface area contributed by atoms with Gasteiger partial charge in [0.2, 0.25) is 0 Å². The van der Waals surface area contributed by atoms with Crippen LogP contribution in [0.15, 0.2) is 24.3 Å². The minimum Gasteiger partial charge on any atom is -0.381 e. The van der Waals surface area contributed by atoms with Crippen molar-refractivity contribution in [3.05, 3.63) is 35.4 Å². The van der Waals surface area contributed by atoms with E-state index in [1.54, 1.807) is 0 Å². The molecule has 1 unspecified atom stereocenters. The number of aryl methyl sites for hydroxylation is 1. The maximum atomic E-state index is 5.69. The molecule has 3 heteroatoms. The molecule has 1 heterocycles. The summed E-state index contributed by atoms with van der Waals surface area (Å²) in [5.41, 5.74) is 5.53. The average molecular weight is 234 g/mol. The third-order valence-corrected chi connectivity index (χ3v) is 3.56. The largest absolute Gasteiger partial charge is 0.381 e. The monoisotopic (exact) mass is 234 g/mol. The van der Waals surface area contributed by atoms with Gasteiger partial charge in [-0.3, -0.25) is 11.3 Å². The zero-order chi connectivity index (χ0) is 12.1. The molecule has 0 radical (unpaired) electrons. The van der Waals surface area contributed by atoms with Gasteiger partial charge in [-0.1, -0.05) is 29.8 Å². The first kappa shape index (κ1) is 12.6. The second-order valence-electron chi connectivity index (χ2n) is 4.92. The summed E-state index contributed by atoms with van der Waals surface area (Å²) in [6, 6.07) is 8.84. The molecule has 2 rings (SSSR count). The van der Waals surface area contributed by atoms with E-state index in [0.29, 0.717) is 0 Å². The van der Waals surface area contributed by atoms with Crippen LogP contribution < -0.4 is 11.3 Å². The molecule has 1 aromatic rings. The third kappa shape index (κ3) is 3.53. The maximum absolute atomic E-state index is 5.69. The minimum atomic E-state index is 0.262. The maximum Gasteiger partial charge on any atom is 0.0468 e. The van der Waals surface area contributed by atoms with E-state index in [1.165, 1.54) is 11.1 Å². The molecule has 0 saturated carbocycles. The van der Waals surface area contributed by atoms with Gasteiger partial charge in [0, 0.05) is 19.3 Å². The molecule has 0 spiro atoms. The first-order valence-electron chi connectivity index (χ1n) is 6.40. The number of nitrogens with two attached hydrogens (primary N) is 1. The van der Waals surface area contributed by atoms with Crippen molar-refractivity contribution in [3.63, 3.8) is 0 Å². The molecule has 94 valence electrons. The van der Waals surface area contributed by atoms with Crippen molar-refractivity contribution in [3.8, 4) is 0 Å². The topological polar surface area (TPSA) is 47.3 Å². The van der Waals surface area contributed by atoms with Crippen molar-refractivity contribution in [2.45, 2.75) is 32.2 Å². The van der Waals surface area contributed by atoms with Gasteiger partial charge in [0.05, 0.1) is 0 Å². The molecule has 1 aliphatic rings. The van der Waals surface area contributed by atoms with Gasteiger partial charge < -0.3 is 4.74 Å². The van der Waals surface area contributed by atoms with Crippen LogP contribution in [0.2, 0.25) is 0 Å². The van der Waals surface area contributed by atoms with Gasteiger partial charge in [-0.25, -0.2) is 0 Å². The highest BCUT2D eigenvalue weighted by atomic mass is 16.5. The predicted molar refractivity (Wildman–Crippen MR) is 69.4 cm³/mol. The molecule has 0 aliphatic carbocycles. The van der Waals surface area contributed by atoms with E-state index in [4.69, 9.17) is 10.6 Å². The Labute approximate surface area is 103 Å². The molecule has 17 heavy (non-hydrogen) atoms. The molecule has 1 atom stereocenters. The van der Waals surface area contributed by atoms with E-state index in [2.05, 4.69) is 36.6 Å². The summed E-state index contributed by atoms with van der Waals surface area (Å²) < 4.78 is 5.39. The zero-order valence-electron chi connectivity index (χ0n) is 10.5. The average Bonchev–Trinajstić information content (AvgIpc) is 2.37. The highest BCUT2D eigenvalue weighted by molar-refractivity contribution is 5.25. The molecular formula is C14H22N2O. The summed E-state index contributed by atoms with van der Waals surface area (Å²) >= 11 is 0. The number of rotatable bonds is 4. The van der Waals surface area contributed by atoms with Crippen LogP contribution in [-0.2, 0) is 4.74 Å². The molecule has 3 nitrogen and oxygen atoms in total. The number of hydrogen-bond donors (Lipinski definition) is 2. The van der Waals surface area contributed by atoms with Crippen molar-refractivity contribution in [1.29, 1.82) is 0 Å². The van der Waals surface area contributed by atoms with Crippen molar-refractivity contribution >= 4 is 0 Å². The Hall–Kier alpha value is -0.900. The van der Waals surface area contributed by atoms with Gasteiger partial charge in [0.25, 0.3) is 0 Å². The standard InChI is InChI=1S/C14H22N2O/c1-11-3-2-4-13(9-11)14(16-15)10-12-5-7-17-8-6-12/h2-4,9,12,14,16H,5-8,10,15H2,1H3. The lowest BCUT2D eigenvalue weighted by Crippen LogP contribution is -2.31. The zero-order valence-corrected chi connectivity index (χ0v) is 10.5. The Morgan fingerprint density at radius 2 is 2.18 bits per heavy atom. The van der Waals surface area contributed by atoms with Crippen LogP contribution in [-0.4, -0.2) is 13.2 Å². The highest BCUT2D eigenvalue weighted by Crippen LogP contribution is 2.27. The van der Waals surface area contributed by atoms with Crippen LogP contribution in [0.4, 0.5) is 0 Å². The lowest BCUT2D eigenvalue weighted by atomic mass is 9.89. The van der Waals surface area contributed by atoms with Crippen LogP contribution in [0.1, 0.15) is 36.4 Å². The first-order valence-corrected chi connectivity index (χ1v) is 6.40. The van der Waals surface area contributed by atoms with E-state index >= 15 is 0 Å². The highest BCUT2D eigenvalue weighted by Gasteiger charge is 2.19. The molecule has 0 amide bonds. The number of hydrogen-bond acceptors (Lipinski definition) is 3. The molecule has 1 saturated heterocycles. The first-order chi connectivity index (χ1) is 8.29. The van der Waals surface area contributed by atoms with Crippen molar-refractivity contribution in [1.82, 2.24) is 5.43 Å². The SMILES string of the molecule is Cc1cccc(C(CC2CCOCC2)NN)c1. The number of ether oxygens (including phenoxy) is 1. The van der Waals surface area contributed by atoms with E-state index in [1.807, 2.05) is 0 Å². The predicted octanol–water partition coefficient (Wildman–Crippen LogP) is 2.32. The second-order valence-corrected chi connectivity index (χ2v) is 4.92. The van der Waals surface area contributed by atoms with Gasteiger partial charge >= 0.3 is 0 Å². The second kappa shape index (κ2) is 6.15. The Morgan fingerprint density at radius 3 is 2.82 bits per heavy atom. The molecule has 0 aromatic heterocycles. The summed E-state index contributed by atoms with van der Waals surface area (Å²) in [4.78, 5) is 0. The molecule has 0 bridgehead atoms. The minimum absolute atomic E-state index is 0.262. The van der Waals surface area contributed by atoms with Gasteiger partial charge in [0.15, 0.2) is 0 Å². The number of benzene rings is 1. The van der Waals surface area contributed by atoms with E-state index in [0.717, 1.165) is 38.4 Å². The Bertz CT molecular complexity index is 348. The molecular weight excluding hydrogens is 212 g/mol. The van der Waals surface area contributed by atoms with E-state index in [-0.39, 0.29) is 6.04 Å². The van der Waals surface area contributed by atoms with E-state index in [9.17, 15) is 0 Å². The normalized spacial score (nSPS) is 19.2. The Morgan fingerprint density at radius 1 is 1.41 bits per heavy atom. The van der Waals surface area contributed by atoms with Crippen LogP contribution in [0, 0.1) is 12.8 Å². The summed E-state index contributed by atoms with van der Waals surface area (Å²) in [7, 11) is 0. The summed E-state index contributed by atoms with van der Waals surface area (Å²) in [6.45, 7) is 3.91. The lowest BCUT2D eigenvalue weighted by Gasteiger charge is -2.26. The molecule has 1 aromatic carbocycles. The summed E-state index contributed by atoms with van der Waals surface area (Å²) in [5, 5.41) is 0. The van der Waals surface area contributed by atoms with Crippen LogP contribution >= 0.6 is 0 Å². The fourth-order valence-electron chi connectivity index (χ4n) is 2.50. The van der Waals surface area contributed by atoms with Gasteiger partial charge in [-0.15, -0.1) is 0 Å². The third-order valence-electron chi connectivity index (χ3n) is 3.56. The molecule has 1 aliphatic heterocycles. The summed E-state index contributed by atoms with van der Waals surface area (Å²) in [5.74, 6) is 6.42. The number of nitrogens with one attached hydrogen (secondary N) is 1. The van der Waals surface area contributed by atoms with Crippen molar-refractivity contribution in [2.24, 2.45) is 11.8 Å². The van der Waals surface area contributed by atoms with Crippen LogP contribution in [0.25, 0.3) is 0 Å². The van der Waals surface area contributed by atoms with Crippen LogP contribution in [0.3, 0.4) is 0 Å². The van der Waals surface area contributed by atoms with Gasteiger partial charge in [-0.05, 0) is 37.7 Å². The fourth-order valence-corrected chi connectivity index (χ4v) is 2.50. The Balaban J connectivity index is 2.00. The van der Waals surface area contributed by atoms with Gasteiger partial charge in [-0.2, -0.15) is 0 Å². The van der Waals surface area contributed by atoms with Gasteiger partial charge in [0.1, 0.15) is 0 Å². The summed E-state index contributed by atoms with van der Waals surface area (Å²) in [6.07, 6.45) is 3.41. The fraction of sp³-hybridized carbons (Fsp3) is 0.571. The lowest BCUT2D eigenvalue weighted by molar-refractivity contribution is 0.0605. The quantitative estimate of drug-likeness (QED) is 0.621. The smallest absolute Gasteiger partial charge is 0.0468 e. The molecule has 3 N–H and O–H groups in total. The van der Waals surface area contributed by atoms with Crippen LogP contribution in [0.5, 0.6) is 0 Å². The number of hydrazine groups is 1. The van der Waals surface area contributed by atoms with Crippen molar-refractivity contribution in [2.75, 3.05) is 13.2 Å².